The van der Waals surface area contributed by atoms with Gasteiger partial charge < -0.3 is 24.9 Å². The molecule has 9 heteroatoms. The molecule has 0 spiro atoms. The number of hydrogen-bond donors (Lipinski definition) is 3. The van der Waals surface area contributed by atoms with E-state index in [1.165, 1.54) is 13.2 Å². The topological polar surface area (TPSA) is 130 Å². The average Bonchev–Trinajstić information content (AvgIpc) is 3.30. The van der Waals surface area contributed by atoms with Gasteiger partial charge in [-0.3, -0.25) is 9.59 Å². The van der Waals surface area contributed by atoms with Crippen molar-refractivity contribution in [2.24, 2.45) is 4.99 Å². The first kappa shape index (κ1) is 20.6. The lowest BCUT2D eigenvalue weighted by atomic mass is 10.1. The van der Waals surface area contributed by atoms with Crippen molar-refractivity contribution in [3.05, 3.63) is 71.0 Å². The molecule has 1 aliphatic rings. The van der Waals surface area contributed by atoms with Gasteiger partial charge in [0.1, 0.15) is 22.8 Å². The molecule has 2 aromatic rings. The fourth-order valence-corrected chi connectivity index (χ4v) is 2.69. The minimum atomic E-state index is -0.811. The van der Waals surface area contributed by atoms with Crippen molar-refractivity contribution >= 4 is 35.3 Å². The number of hydrogen-bond acceptors (Lipinski definition) is 7. The van der Waals surface area contributed by atoms with Crippen molar-refractivity contribution in [2.45, 2.75) is 13.5 Å². The molecule has 0 bridgehead atoms. The summed E-state index contributed by atoms with van der Waals surface area (Å²) in [4.78, 5) is 39.7. The van der Waals surface area contributed by atoms with E-state index in [1.807, 2.05) is 0 Å². The maximum Gasteiger partial charge on any atom is 0.343 e. The zero-order valence-corrected chi connectivity index (χ0v) is 16.3. The third-order valence-corrected chi connectivity index (χ3v) is 4.14. The number of anilines is 1. The van der Waals surface area contributed by atoms with Crippen LogP contribution in [0.5, 0.6) is 0 Å². The van der Waals surface area contributed by atoms with E-state index in [9.17, 15) is 19.5 Å². The van der Waals surface area contributed by atoms with Crippen molar-refractivity contribution in [1.29, 1.82) is 0 Å². The molecule has 0 saturated carbocycles. The molecule has 0 saturated heterocycles. The highest BCUT2D eigenvalue weighted by molar-refractivity contribution is 6.39. The molecule has 9 nitrogen and oxygen atoms in total. The van der Waals surface area contributed by atoms with Gasteiger partial charge in [-0.25, -0.2) is 9.79 Å². The van der Waals surface area contributed by atoms with Crippen LogP contribution in [0.2, 0.25) is 0 Å². The van der Waals surface area contributed by atoms with Gasteiger partial charge in [0.25, 0.3) is 0 Å². The lowest BCUT2D eigenvalue weighted by Crippen LogP contribution is -2.34. The molecule has 30 heavy (non-hydrogen) atoms. The van der Waals surface area contributed by atoms with Gasteiger partial charge in [-0.2, -0.15) is 0 Å². The first-order valence-electron chi connectivity index (χ1n) is 8.91. The second kappa shape index (κ2) is 8.91. The Labute approximate surface area is 171 Å². The average molecular weight is 409 g/mol. The van der Waals surface area contributed by atoms with Gasteiger partial charge in [0.05, 0.1) is 19.4 Å². The van der Waals surface area contributed by atoms with Crippen LogP contribution in [0, 0.1) is 0 Å². The van der Waals surface area contributed by atoms with Crippen LogP contribution in [0.15, 0.2) is 68.9 Å². The number of esters is 1. The molecule has 1 aromatic carbocycles. The van der Waals surface area contributed by atoms with E-state index in [1.54, 1.807) is 49.4 Å². The number of nitrogens with zero attached hydrogens (tertiary/aromatic N) is 1. The number of benzene rings is 1. The molecule has 3 rings (SSSR count). The first-order valence-corrected chi connectivity index (χ1v) is 8.91. The summed E-state index contributed by atoms with van der Waals surface area (Å²) in [6.45, 7) is 1.56. The Morgan fingerprint density at radius 3 is 2.57 bits per heavy atom. The molecule has 0 unspecified atom stereocenters. The van der Waals surface area contributed by atoms with Crippen molar-refractivity contribution < 1.29 is 28.6 Å². The Kier molecular flexibility index (Phi) is 6.11. The van der Waals surface area contributed by atoms with Crippen molar-refractivity contribution in [2.75, 3.05) is 12.4 Å². The summed E-state index contributed by atoms with van der Waals surface area (Å²) in [6, 6.07) is 11.8. The number of rotatable bonds is 5. The first-order chi connectivity index (χ1) is 14.4. The molecule has 154 valence electrons. The smallest absolute Gasteiger partial charge is 0.343 e. The SMILES string of the molecule is COC(=O)C1=C(O)/C(=C\c2ccc(CNC(=O)C(=O)Nc3ccccc3)o2)N=C1C. The molecule has 0 radical (unpaired) electrons. The number of carbonyl (C=O) groups is 3. The Bertz CT molecular complexity index is 1080. The summed E-state index contributed by atoms with van der Waals surface area (Å²) in [5, 5.41) is 15.1. The zero-order chi connectivity index (χ0) is 21.7. The standard InChI is InChI=1S/C21H19N3O6/c1-12-17(21(28)29-2)18(25)16(23-12)10-14-8-9-15(30-14)11-22-19(26)20(27)24-13-6-4-3-5-7-13/h3-10,25H,11H2,1-2H3,(H,22,26)(H,24,27)/b16-10+. The summed E-state index contributed by atoms with van der Waals surface area (Å²) in [5.41, 5.74) is 0.984. The number of aliphatic imine (C=N–C) groups is 1. The molecule has 2 amide bonds. The monoisotopic (exact) mass is 409 g/mol. The van der Waals surface area contributed by atoms with Crippen LogP contribution in [0.3, 0.4) is 0 Å². The maximum absolute atomic E-state index is 11.9. The van der Waals surface area contributed by atoms with Gasteiger partial charge in [-0.1, -0.05) is 18.2 Å². The minimum absolute atomic E-state index is 0.00720. The zero-order valence-electron chi connectivity index (χ0n) is 16.3. The quantitative estimate of drug-likeness (QED) is 0.513. The van der Waals surface area contributed by atoms with Gasteiger partial charge in [-0.05, 0) is 31.2 Å². The molecule has 1 aliphatic heterocycles. The number of furan rings is 1. The third kappa shape index (κ3) is 4.64. The fraction of sp³-hybridized carbons (Fsp3) is 0.143. The van der Waals surface area contributed by atoms with Crippen LogP contribution in [0.4, 0.5) is 5.69 Å². The van der Waals surface area contributed by atoms with Crippen LogP contribution in [-0.4, -0.2) is 35.7 Å². The second-order valence-electron chi connectivity index (χ2n) is 6.25. The van der Waals surface area contributed by atoms with Crippen LogP contribution >= 0.6 is 0 Å². The van der Waals surface area contributed by atoms with Crippen molar-refractivity contribution in [1.82, 2.24) is 5.32 Å². The van der Waals surface area contributed by atoms with E-state index in [2.05, 4.69) is 20.4 Å². The molecule has 3 N–H and O–H groups in total. The molecule has 1 aromatic heterocycles. The predicted octanol–water partition coefficient (Wildman–Crippen LogP) is 2.33. The Hall–Kier alpha value is -4.14. The lowest BCUT2D eigenvalue weighted by Gasteiger charge is -2.05. The highest BCUT2D eigenvalue weighted by atomic mass is 16.5. The van der Waals surface area contributed by atoms with Crippen molar-refractivity contribution in [3.63, 3.8) is 0 Å². The fourth-order valence-electron chi connectivity index (χ4n) is 2.69. The van der Waals surface area contributed by atoms with Crippen LogP contribution in [0.1, 0.15) is 18.4 Å². The summed E-state index contributed by atoms with van der Waals surface area (Å²) >= 11 is 0. The van der Waals surface area contributed by atoms with E-state index >= 15 is 0 Å². The summed E-state index contributed by atoms with van der Waals surface area (Å²) in [5.74, 6) is -1.86. The molecular formula is C21H19N3O6. The number of para-hydroxylation sites is 1. The largest absolute Gasteiger partial charge is 0.505 e. The predicted molar refractivity (Wildman–Crippen MR) is 108 cm³/mol. The molecule has 0 fully saturated rings. The summed E-state index contributed by atoms with van der Waals surface area (Å²) < 4.78 is 10.2. The minimum Gasteiger partial charge on any atom is -0.505 e. The number of amides is 2. The van der Waals surface area contributed by atoms with Gasteiger partial charge in [-0.15, -0.1) is 0 Å². The van der Waals surface area contributed by atoms with Gasteiger partial charge >= 0.3 is 17.8 Å². The highest BCUT2D eigenvalue weighted by Gasteiger charge is 2.27. The molecule has 0 aliphatic carbocycles. The number of methoxy groups -OCH3 is 1. The maximum atomic E-state index is 11.9. The number of nitrogens with one attached hydrogen (secondary N) is 2. The van der Waals surface area contributed by atoms with E-state index in [4.69, 9.17) is 4.42 Å². The van der Waals surface area contributed by atoms with E-state index in [0.29, 0.717) is 22.9 Å². The number of ether oxygens (including phenoxy) is 1. The van der Waals surface area contributed by atoms with Crippen molar-refractivity contribution in [3.8, 4) is 0 Å². The number of carbonyl (C=O) groups excluding carboxylic acids is 3. The lowest BCUT2D eigenvalue weighted by molar-refractivity contribution is -0.136. The van der Waals surface area contributed by atoms with Gasteiger partial charge in [0.15, 0.2) is 5.76 Å². The van der Waals surface area contributed by atoms with E-state index in [0.717, 1.165) is 0 Å². The Balaban J connectivity index is 1.61. The van der Waals surface area contributed by atoms with Gasteiger partial charge in [0, 0.05) is 11.8 Å². The molecule has 2 heterocycles. The summed E-state index contributed by atoms with van der Waals surface area (Å²) in [6.07, 6.45) is 1.45. The van der Waals surface area contributed by atoms with Crippen LogP contribution in [-0.2, 0) is 25.7 Å². The van der Waals surface area contributed by atoms with E-state index < -0.39 is 17.8 Å². The van der Waals surface area contributed by atoms with Gasteiger partial charge in [0.2, 0.25) is 0 Å². The number of aliphatic hydroxyl groups excluding tert-OH is 1. The molecular weight excluding hydrogens is 390 g/mol. The Morgan fingerprint density at radius 1 is 1.13 bits per heavy atom. The Morgan fingerprint density at radius 2 is 1.87 bits per heavy atom. The van der Waals surface area contributed by atoms with Crippen LogP contribution < -0.4 is 10.6 Å². The number of aliphatic hydroxyl groups is 1. The van der Waals surface area contributed by atoms with Crippen LogP contribution in [0.25, 0.3) is 6.08 Å². The molecule has 0 atom stereocenters. The van der Waals surface area contributed by atoms with E-state index in [-0.39, 0.29) is 23.6 Å². The third-order valence-electron chi connectivity index (χ3n) is 4.14. The highest BCUT2D eigenvalue weighted by Crippen LogP contribution is 2.26. The summed E-state index contributed by atoms with van der Waals surface area (Å²) in [7, 11) is 1.21. The second-order valence-corrected chi connectivity index (χ2v) is 6.25. The normalized spacial score (nSPS) is 14.5.